The third-order valence-electron chi connectivity index (χ3n) is 10.7. The Hall–Kier alpha value is -4.63. The Labute approximate surface area is 261 Å². The molecule has 1 saturated heterocycles. The van der Waals surface area contributed by atoms with Crippen molar-refractivity contribution in [2.24, 2.45) is 24.6 Å². The maximum Gasteiger partial charge on any atom is 0.254 e. The van der Waals surface area contributed by atoms with Crippen molar-refractivity contribution >= 4 is 33.8 Å². The molecule has 0 unspecified atom stereocenters. The Morgan fingerprint density at radius 1 is 1.07 bits per heavy atom. The maximum absolute atomic E-state index is 13.7. The Morgan fingerprint density at radius 3 is 2.67 bits per heavy atom. The van der Waals surface area contributed by atoms with Gasteiger partial charge in [-0.3, -0.25) is 9.59 Å². The van der Waals surface area contributed by atoms with Gasteiger partial charge in [-0.25, -0.2) is 4.98 Å². The van der Waals surface area contributed by atoms with Crippen LogP contribution in [0.1, 0.15) is 52.0 Å². The van der Waals surface area contributed by atoms with Gasteiger partial charge >= 0.3 is 0 Å². The number of piperidine rings is 1. The number of benzene rings is 3. The Bertz CT molecular complexity index is 2070. The van der Waals surface area contributed by atoms with E-state index in [1.54, 1.807) is 7.11 Å². The fraction of sp³-hybridized carbons (Fsp3) is 0.361. The van der Waals surface area contributed by atoms with Crippen LogP contribution in [0.5, 0.6) is 5.75 Å². The van der Waals surface area contributed by atoms with Crippen molar-refractivity contribution in [2.75, 3.05) is 13.7 Å². The predicted octanol–water partition coefficient (Wildman–Crippen LogP) is 5.09. The van der Waals surface area contributed by atoms with Gasteiger partial charge in [0.25, 0.3) is 11.8 Å². The number of aromatic nitrogens is 3. The number of carbonyl (C=O) groups excluding carboxylic acids is 2. The van der Waals surface area contributed by atoms with Gasteiger partial charge in [-0.1, -0.05) is 24.3 Å². The van der Waals surface area contributed by atoms with Gasteiger partial charge < -0.3 is 29.8 Å². The molecule has 2 aliphatic heterocycles. The number of hydrogen-bond donors (Lipinski definition) is 2. The number of ether oxygens (including phenoxy) is 1. The minimum Gasteiger partial charge on any atom is -0.494 e. The number of nitrogens with two attached hydrogens (primary N) is 1. The molecule has 9 rings (SSSR count). The van der Waals surface area contributed by atoms with Gasteiger partial charge in [-0.2, -0.15) is 0 Å². The summed E-state index contributed by atoms with van der Waals surface area (Å²) >= 11 is 0. The van der Waals surface area contributed by atoms with Crippen molar-refractivity contribution < 1.29 is 14.3 Å². The number of rotatable bonds is 6. The molecular formula is C36H36N6O3. The van der Waals surface area contributed by atoms with E-state index in [0.717, 1.165) is 81.6 Å². The lowest BCUT2D eigenvalue weighted by molar-refractivity contribution is 0.0700. The van der Waals surface area contributed by atoms with E-state index in [9.17, 15) is 9.59 Å². The molecule has 9 heteroatoms. The molecule has 2 aliphatic carbocycles. The largest absolute Gasteiger partial charge is 0.494 e. The molecule has 3 N–H and O–H groups in total. The zero-order chi connectivity index (χ0) is 30.6. The number of nitrogens with zero attached hydrogens (tertiary/aromatic N) is 4. The first-order valence-corrected chi connectivity index (χ1v) is 16.0. The van der Waals surface area contributed by atoms with Gasteiger partial charge in [0.05, 0.1) is 18.3 Å². The minimum atomic E-state index is -0.00862. The second-order valence-corrected chi connectivity index (χ2v) is 13.4. The fourth-order valence-corrected chi connectivity index (χ4v) is 8.15. The van der Waals surface area contributed by atoms with Crippen LogP contribution in [-0.4, -0.2) is 56.6 Å². The average molecular weight is 601 g/mol. The molecule has 5 aromatic rings. The molecule has 0 spiro atoms. The molecule has 45 heavy (non-hydrogen) atoms. The van der Waals surface area contributed by atoms with E-state index in [1.165, 1.54) is 12.8 Å². The van der Waals surface area contributed by atoms with Crippen LogP contribution in [0.3, 0.4) is 0 Å². The van der Waals surface area contributed by atoms with Crippen LogP contribution >= 0.6 is 0 Å². The van der Waals surface area contributed by atoms with E-state index in [4.69, 9.17) is 15.5 Å². The van der Waals surface area contributed by atoms with Crippen molar-refractivity contribution in [3.05, 3.63) is 71.3 Å². The van der Waals surface area contributed by atoms with Gasteiger partial charge in [-0.05, 0) is 84.5 Å². The summed E-state index contributed by atoms with van der Waals surface area (Å²) in [4.78, 5) is 33.2. The summed E-state index contributed by atoms with van der Waals surface area (Å²) in [6.45, 7) is 2.19. The maximum atomic E-state index is 13.7. The number of carbonyl (C=O) groups is 2. The second-order valence-electron chi connectivity index (χ2n) is 13.4. The van der Waals surface area contributed by atoms with Crippen LogP contribution < -0.4 is 15.8 Å². The van der Waals surface area contributed by atoms with Crippen molar-refractivity contribution in [2.45, 2.75) is 50.9 Å². The molecule has 9 nitrogen and oxygen atoms in total. The minimum absolute atomic E-state index is 0.00438. The third kappa shape index (κ3) is 3.99. The molecule has 4 aliphatic rings. The number of likely N-dealkylation sites (tertiary alicyclic amines) is 1. The van der Waals surface area contributed by atoms with Crippen molar-refractivity contribution in [1.29, 1.82) is 0 Å². The van der Waals surface area contributed by atoms with Gasteiger partial charge in [0.2, 0.25) is 0 Å². The number of fused-ring (bicyclic) bond motifs is 5. The molecular weight excluding hydrogens is 564 g/mol. The van der Waals surface area contributed by atoms with Gasteiger partial charge in [0, 0.05) is 60.8 Å². The quantitative estimate of drug-likeness (QED) is 0.283. The first-order valence-electron chi connectivity index (χ1n) is 16.0. The molecule has 3 atom stereocenters. The van der Waals surface area contributed by atoms with E-state index in [-0.39, 0.29) is 23.9 Å². The van der Waals surface area contributed by atoms with E-state index < -0.39 is 0 Å². The molecule has 2 amide bonds. The zero-order valence-electron chi connectivity index (χ0n) is 25.5. The number of hydrogen-bond acceptors (Lipinski definition) is 5. The summed E-state index contributed by atoms with van der Waals surface area (Å²) in [5, 5.41) is 4.12. The molecule has 228 valence electrons. The van der Waals surface area contributed by atoms with Gasteiger partial charge in [0.15, 0.2) is 5.82 Å². The number of methoxy groups -OCH3 is 1. The highest BCUT2D eigenvalue weighted by Crippen LogP contribution is 2.41. The number of imidazole rings is 1. The summed E-state index contributed by atoms with van der Waals surface area (Å²) in [5.74, 6) is 2.50. The normalized spacial score (nSPS) is 22.1. The topological polar surface area (TPSA) is 107 Å². The van der Waals surface area contributed by atoms with E-state index in [2.05, 4.69) is 44.8 Å². The first-order chi connectivity index (χ1) is 21.9. The van der Waals surface area contributed by atoms with E-state index >= 15 is 0 Å². The smallest absolute Gasteiger partial charge is 0.254 e. The standard InChI is InChI=1S/C36H36N6O3/c1-40-33-27(12-23(15-31(33)45-2)36(44)42-18-22-10-11-28(42)32(22)37)39-34(40)30-14-21-9-8-20(13-29(21)41(30)17-19-6-7-19)24-4-3-5-25-26(24)16-38-35(25)43/h3-5,8-9,12-15,19,22,28,32H,6-7,10-11,16-18,37H2,1-2H3,(H,38,43)/t22-,28-,32-/m1/s1. The van der Waals surface area contributed by atoms with E-state index in [0.29, 0.717) is 29.7 Å². The lowest BCUT2D eigenvalue weighted by Gasteiger charge is -2.27. The third-order valence-corrected chi connectivity index (χ3v) is 10.7. The molecule has 2 bridgehead atoms. The lowest BCUT2D eigenvalue weighted by Crippen LogP contribution is -2.41. The van der Waals surface area contributed by atoms with E-state index in [1.807, 2.05) is 36.2 Å². The summed E-state index contributed by atoms with van der Waals surface area (Å²) in [6.07, 6.45) is 4.52. The van der Waals surface area contributed by atoms with Gasteiger partial charge in [-0.15, -0.1) is 0 Å². The average Bonchev–Trinajstić information content (AvgIpc) is 3.27. The number of nitrogens with one attached hydrogen (secondary N) is 1. The molecule has 2 saturated carbocycles. The fourth-order valence-electron chi connectivity index (χ4n) is 8.15. The zero-order valence-corrected chi connectivity index (χ0v) is 25.5. The van der Waals surface area contributed by atoms with Crippen LogP contribution in [0.2, 0.25) is 0 Å². The highest BCUT2D eigenvalue weighted by Gasteiger charge is 2.47. The first kappa shape index (κ1) is 26.7. The Kier molecular flexibility index (Phi) is 5.75. The van der Waals surface area contributed by atoms with Crippen molar-refractivity contribution in [3.63, 3.8) is 0 Å². The second kappa shape index (κ2) is 9.68. The van der Waals surface area contributed by atoms with Crippen LogP contribution in [0.4, 0.5) is 0 Å². The van der Waals surface area contributed by atoms with Crippen molar-refractivity contribution in [1.82, 2.24) is 24.3 Å². The monoisotopic (exact) mass is 600 g/mol. The Balaban J connectivity index is 1.16. The highest BCUT2D eigenvalue weighted by molar-refractivity contribution is 6.02. The molecule has 4 heterocycles. The van der Waals surface area contributed by atoms with Crippen LogP contribution in [0.25, 0.3) is 44.6 Å². The van der Waals surface area contributed by atoms with Crippen LogP contribution in [0, 0.1) is 11.8 Å². The molecule has 3 aromatic carbocycles. The summed E-state index contributed by atoms with van der Waals surface area (Å²) in [6, 6.07) is 18.7. The Morgan fingerprint density at radius 2 is 1.91 bits per heavy atom. The van der Waals surface area contributed by atoms with Crippen LogP contribution in [0.15, 0.2) is 54.6 Å². The lowest BCUT2D eigenvalue weighted by atomic mass is 9.96. The van der Waals surface area contributed by atoms with Crippen molar-refractivity contribution in [3.8, 4) is 28.4 Å². The predicted molar refractivity (Wildman–Crippen MR) is 173 cm³/mol. The van der Waals surface area contributed by atoms with Crippen LogP contribution in [-0.2, 0) is 20.1 Å². The molecule has 2 aromatic heterocycles. The summed E-state index contributed by atoms with van der Waals surface area (Å²) in [7, 11) is 3.67. The number of amides is 2. The molecule has 0 radical (unpaired) electrons. The highest BCUT2D eigenvalue weighted by atomic mass is 16.5. The summed E-state index contributed by atoms with van der Waals surface area (Å²) in [5.41, 5.74) is 14.8. The number of aryl methyl sites for hydroxylation is 1. The molecule has 3 fully saturated rings. The van der Waals surface area contributed by atoms with Gasteiger partial charge in [0.1, 0.15) is 11.3 Å². The summed E-state index contributed by atoms with van der Waals surface area (Å²) < 4.78 is 10.4. The SMILES string of the molecule is COc1cc(C(=O)N2C[C@H]3CC[C@@H]2[C@@H]3N)cc2nc(-c3cc4ccc(-c5cccc6c5CNC6=O)cc4n3CC3CC3)n(C)c12.